The van der Waals surface area contributed by atoms with Gasteiger partial charge in [-0.05, 0) is 31.6 Å². The van der Waals surface area contributed by atoms with Gasteiger partial charge >= 0.3 is 0 Å². The van der Waals surface area contributed by atoms with Gasteiger partial charge in [0, 0.05) is 32.3 Å². The Hall–Kier alpha value is -0.120. The van der Waals surface area contributed by atoms with Gasteiger partial charge in [-0.1, -0.05) is 6.92 Å². The lowest BCUT2D eigenvalue weighted by Crippen LogP contribution is -2.56. The molecular weight excluding hydrogens is 188 g/mol. The van der Waals surface area contributed by atoms with E-state index in [1.165, 1.54) is 12.8 Å². The highest BCUT2D eigenvalue weighted by atomic mass is 16.5. The zero-order valence-electron chi connectivity index (χ0n) is 10.3. The summed E-state index contributed by atoms with van der Waals surface area (Å²) in [4.78, 5) is 2.55. The Labute approximate surface area is 93.0 Å². The monoisotopic (exact) mass is 212 g/mol. The van der Waals surface area contributed by atoms with Gasteiger partial charge < -0.3 is 10.5 Å². The van der Waals surface area contributed by atoms with E-state index >= 15 is 0 Å². The Kier molecular flexibility index (Phi) is 2.82. The van der Waals surface area contributed by atoms with Gasteiger partial charge in [-0.2, -0.15) is 0 Å². The topological polar surface area (TPSA) is 38.5 Å². The maximum absolute atomic E-state index is 6.02. The molecule has 1 aliphatic carbocycles. The van der Waals surface area contributed by atoms with Crippen LogP contribution in [0.3, 0.4) is 0 Å². The second kappa shape index (κ2) is 3.72. The Morgan fingerprint density at radius 3 is 2.60 bits per heavy atom. The molecule has 0 aromatic heterocycles. The van der Waals surface area contributed by atoms with Crippen LogP contribution in [0.4, 0.5) is 0 Å². The maximum atomic E-state index is 6.02. The first-order valence-electron chi connectivity index (χ1n) is 6.04. The van der Waals surface area contributed by atoms with E-state index in [0.717, 1.165) is 26.1 Å². The summed E-state index contributed by atoms with van der Waals surface area (Å²) in [7, 11) is 1.81. The molecular formula is C12H24N2O. The minimum Gasteiger partial charge on any atom is -0.380 e. The van der Waals surface area contributed by atoms with Gasteiger partial charge in [0.25, 0.3) is 0 Å². The Morgan fingerprint density at radius 1 is 1.53 bits per heavy atom. The van der Waals surface area contributed by atoms with E-state index < -0.39 is 0 Å². The third-order valence-corrected chi connectivity index (χ3v) is 4.87. The summed E-state index contributed by atoms with van der Waals surface area (Å²) < 4.78 is 5.43. The van der Waals surface area contributed by atoms with Crippen LogP contribution in [-0.2, 0) is 4.74 Å². The minimum absolute atomic E-state index is 0.181. The number of likely N-dealkylation sites (tertiary alicyclic amines) is 1. The molecule has 1 saturated carbocycles. The number of hydrogen-bond acceptors (Lipinski definition) is 3. The molecule has 2 atom stereocenters. The predicted octanol–water partition coefficient (Wildman–Crippen LogP) is 1.22. The van der Waals surface area contributed by atoms with E-state index in [4.69, 9.17) is 10.5 Å². The lowest BCUT2D eigenvalue weighted by atomic mass is 9.82. The number of nitrogens with two attached hydrogens (primary N) is 1. The number of nitrogens with zero attached hydrogens (tertiary/aromatic N) is 1. The lowest BCUT2D eigenvalue weighted by Gasteiger charge is -2.43. The fraction of sp³-hybridized carbons (Fsp3) is 1.00. The molecule has 0 aromatic carbocycles. The zero-order valence-corrected chi connectivity index (χ0v) is 10.3. The molecule has 1 saturated heterocycles. The van der Waals surface area contributed by atoms with E-state index in [-0.39, 0.29) is 5.54 Å². The van der Waals surface area contributed by atoms with Crippen molar-refractivity contribution in [1.29, 1.82) is 0 Å². The van der Waals surface area contributed by atoms with Crippen LogP contribution in [0.25, 0.3) is 0 Å². The molecule has 2 fully saturated rings. The van der Waals surface area contributed by atoms with Gasteiger partial charge in [0.1, 0.15) is 0 Å². The summed E-state index contributed by atoms with van der Waals surface area (Å²) in [6, 6.07) is 0. The van der Waals surface area contributed by atoms with Crippen LogP contribution in [0.1, 0.15) is 33.1 Å². The second-order valence-corrected chi connectivity index (χ2v) is 5.63. The second-order valence-electron chi connectivity index (χ2n) is 5.63. The van der Waals surface area contributed by atoms with Crippen LogP contribution < -0.4 is 5.73 Å². The largest absolute Gasteiger partial charge is 0.380 e. The van der Waals surface area contributed by atoms with Crippen LogP contribution >= 0.6 is 0 Å². The smallest absolute Gasteiger partial charge is 0.0710 e. The highest BCUT2D eigenvalue weighted by Gasteiger charge is 2.55. The van der Waals surface area contributed by atoms with Crippen molar-refractivity contribution in [3.05, 3.63) is 0 Å². The summed E-state index contributed by atoms with van der Waals surface area (Å²) in [6.45, 7) is 7.67. The molecule has 0 aromatic rings. The van der Waals surface area contributed by atoms with Crippen LogP contribution in [0.2, 0.25) is 0 Å². The zero-order chi connectivity index (χ0) is 11.1. The highest BCUT2D eigenvalue weighted by Crippen LogP contribution is 2.56. The van der Waals surface area contributed by atoms with Crippen LogP contribution in [0.15, 0.2) is 0 Å². The minimum atomic E-state index is 0.181. The molecule has 1 aliphatic heterocycles. The molecule has 2 unspecified atom stereocenters. The third-order valence-electron chi connectivity index (χ3n) is 4.87. The fourth-order valence-corrected chi connectivity index (χ4v) is 2.85. The summed E-state index contributed by atoms with van der Waals surface area (Å²) in [6.07, 6.45) is 4.23. The van der Waals surface area contributed by atoms with Gasteiger partial charge in [-0.3, -0.25) is 4.90 Å². The van der Waals surface area contributed by atoms with Crippen molar-refractivity contribution in [2.45, 2.75) is 44.8 Å². The summed E-state index contributed by atoms with van der Waals surface area (Å²) in [5.41, 5.74) is 6.65. The standard InChI is InChI=1S/C12H24N2O/c1-11(5-6-11)12(2,9-13)14-7-4-10(8-14)15-3/h10H,4-9,13H2,1-3H3. The van der Waals surface area contributed by atoms with E-state index in [9.17, 15) is 0 Å². The number of ether oxygens (including phenoxy) is 1. The molecule has 0 bridgehead atoms. The van der Waals surface area contributed by atoms with Crippen molar-refractivity contribution in [2.24, 2.45) is 11.1 Å². The highest BCUT2D eigenvalue weighted by molar-refractivity contribution is 5.10. The number of rotatable bonds is 4. The molecule has 0 amide bonds. The first-order chi connectivity index (χ1) is 7.05. The Bertz CT molecular complexity index is 240. The van der Waals surface area contributed by atoms with E-state index in [2.05, 4.69) is 18.7 Å². The molecule has 2 rings (SSSR count). The Morgan fingerprint density at radius 2 is 2.20 bits per heavy atom. The van der Waals surface area contributed by atoms with Crippen molar-refractivity contribution < 1.29 is 4.74 Å². The van der Waals surface area contributed by atoms with Gasteiger partial charge in [0.15, 0.2) is 0 Å². The van der Waals surface area contributed by atoms with Crippen LogP contribution in [0, 0.1) is 5.41 Å². The first kappa shape index (κ1) is 11.4. The molecule has 88 valence electrons. The van der Waals surface area contributed by atoms with Crippen molar-refractivity contribution in [2.75, 3.05) is 26.7 Å². The number of hydrogen-bond donors (Lipinski definition) is 1. The summed E-state index contributed by atoms with van der Waals surface area (Å²) in [5.74, 6) is 0. The first-order valence-corrected chi connectivity index (χ1v) is 6.04. The van der Waals surface area contributed by atoms with Gasteiger partial charge in [0.05, 0.1) is 6.10 Å². The van der Waals surface area contributed by atoms with Crippen molar-refractivity contribution >= 4 is 0 Å². The van der Waals surface area contributed by atoms with Gasteiger partial charge in [-0.25, -0.2) is 0 Å². The van der Waals surface area contributed by atoms with E-state index in [1.807, 2.05) is 7.11 Å². The van der Waals surface area contributed by atoms with E-state index in [1.54, 1.807) is 0 Å². The molecule has 3 heteroatoms. The normalized spacial score (nSPS) is 34.0. The predicted molar refractivity (Wildman–Crippen MR) is 61.8 cm³/mol. The van der Waals surface area contributed by atoms with Crippen molar-refractivity contribution in [1.82, 2.24) is 4.90 Å². The van der Waals surface area contributed by atoms with Crippen molar-refractivity contribution in [3.8, 4) is 0 Å². The SMILES string of the molecule is COC1CCN(C(C)(CN)C2(C)CC2)C1. The Balaban J connectivity index is 2.07. The molecule has 2 N–H and O–H groups in total. The van der Waals surface area contributed by atoms with Gasteiger partial charge in [0.2, 0.25) is 0 Å². The van der Waals surface area contributed by atoms with Crippen LogP contribution in [-0.4, -0.2) is 43.3 Å². The fourth-order valence-electron chi connectivity index (χ4n) is 2.85. The molecule has 1 heterocycles. The molecule has 2 aliphatic rings. The summed E-state index contributed by atoms with van der Waals surface area (Å²) in [5, 5.41) is 0. The third kappa shape index (κ3) is 1.71. The maximum Gasteiger partial charge on any atom is 0.0710 e. The van der Waals surface area contributed by atoms with Crippen LogP contribution in [0.5, 0.6) is 0 Å². The molecule has 0 radical (unpaired) electrons. The average molecular weight is 212 g/mol. The molecule has 3 nitrogen and oxygen atoms in total. The number of methoxy groups -OCH3 is 1. The molecule has 0 spiro atoms. The lowest BCUT2D eigenvalue weighted by molar-refractivity contribution is 0.0445. The quantitative estimate of drug-likeness (QED) is 0.761. The molecule has 15 heavy (non-hydrogen) atoms. The van der Waals surface area contributed by atoms with Crippen molar-refractivity contribution in [3.63, 3.8) is 0 Å². The summed E-state index contributed by atoms with van der Waals surface area (Å²) >= 11 is 0. The van der Waals surface area contributed by atoms with E-state index in [0.29, 0.717) is 11.5 Å². The average Bonchev–Trinajstić information content (AvgIpc) is 2.85. The van der Waals surface area contributed by atoms with Gasteiger partial charge in [-0.15, -0.1) is 0 Å².